The Morgan fingerprint density at radius 3 is 2.71 bits per heavy atom. The fourth-order valence-electron chi connectivity index (χ4n) is 2.56. The van der Waals surface area contributed by atoms with E-state index in [1.54, 1.807) is 13.4 Å². The highest BCUT2D eigenvalue weighted by Crippen LogP contribution is 2.25. The van der Waals surface area contributed by atoms with Crippen LogP contribution in [0.5, 0.6) is 0 Å². The zero-order valence-electron chi connectivity index (χ0n) is 13.7. The molecule has 1 aliphatic rings. The predicted octanol–water partition coefficient (Wildman–Crippen LogP) is 1.34. The van der Waals surface area contributed by atoms with E-state index in [-0.39, 0.29) is 5.41 Å². The Labute approximate surface area is 127 Å². The van der Waals surface area contributed by atoms with Gasteiger partial charge in [0.1, 0.15) is 12.1 Å². The summed E-state index contributed by atoms with van der Waals surface area (Å²) in [6, 6.07) is 2.89. The lowest BCUT2D eigenvalue weighted by Crippen LogP contribution is -2.42. The molecule has 0 bridgehead atoms. The molecule has 2 rings (SSSR count). The minimum absolute atomic E-state index is 0.265. The highest BCUT2D eigenvalue weighted by Gasteiger charge is 2.32. The van der Waals surface area contributed by atoms with Gasteiger partial charge in [0.15, 0.2) is 0 Å². The highest BCUT2D eigenvalue weighted by molar-refractivity contribution is 5.38. The van der Waals surface area contributed by atoms with Crippen molar-refractivity contribution in [3.05, 3.63) is 18.1 Å². The lowest BCUT2D eigenvalue weighted by Gasteiger charge is -2.26. The van der Waals surface area contributed by atoms with E-state index in [4.69, 9.17) is 4.74 Å². The molecule has 0 amide bonds. The summed E-state index contributed by atoms with van der Waals surface area (Å²) in [5.41, 5.74) is 7.97. The Morgan fingerprint density at radius 1 is 1.33 bits per heavy atom. The number of nitrogens with zero attached hydrogens (tertiary/aromatic N) is 3. The second kappa shape index (κ2) is 6.68. The number of hydrogen-bond acceptors (Lipinski definition) is 6. The summed E-state index contributed by atoms with van der Waals surface area (Å²) in [5.74, 6) is 0.929. The maximum atomic E-state index is 5.12. The Balaban J connectivity index is 1.93. The standard InChI is InChI=1S/C15H27N5O/c1-15(2,3)13-6-11(18-19-13)8-20(4)14-7-12(9-21-5)16-10-17-14/h7,10-11,13,18-19H,6,8-9H2,1-5H3. The van der Waals surface area contributed by atoms with Crippen molar-refractivity contribution in [1.82, 2.24) is 20.8 Å². The van der Waals surface area contributed by atoms with Gasteiger partial charge in [-0.15, -0.1) is 0 Å². The molecular formula is C15H27N5O. The van der Waals surface area contributed by atoms with E-state index in [1.165, 1.54) is 0 Å². The van der Waals surface area contributed by atoms with Crippen molar-refractivity contribution < 1.29 is 4.74 Å². The van der Waals surface area contributed by atoms with Crippen LogP contribution in [0.1, 0.15) is 32.9 Å². The molecule has 1 saturated heterocycles. The number of ether oxygens (including phenoxy) is 1. The zero-order chi connectivity index (χ0) is 15.5. The van der Waals surface area contributed by atoms with E-state index in [2.05, 4.69) is 53.5 Å². The van der Waals surface area contributed by atoms with Crippen LogP contribution in [0.2, 0.25) is 0 Å². The van der Waals surface area contributed by atoms with Crippen molar-refractivity contribution in [3.8, 4) is 0 Å². The fourth-order valence-corrected chi connectivity index (χ4v) is 2.56. The van der Waals surface area contributed by atoms with Crippen molar-refractivity contribution in [2.45, 2.75) is 45.9 Å². The van der Waals surface area contributed by atoms with E-state index in [0.717, 1.165) is 24.5 Å². The molecule has 118 valence electrons. The van der Waals surface area contributed by atoms with E-state index in [9.17, 15) is 0 Å². The normalized spacial score (nSPS) is 22.5. The van der Waals surface area contributed by atoms with Crippen molar-refractivity contribution in [3.63, 3.8) is 0 Å². The van der Waals surface area contributed by atoms with Crippen LogP contribution < -0.4 is 15.8 Å². The predicted molar refractivity (Wildman–Crippen MR) is 83.9 cm³/mol. The second-order valence-corrected chi connectivity index (χ2v) is 6.82. The highest BCUT2D eigenvalue weighted by atomic mass is 16.5. The van der Waals surface area contributed by atoms with Gasteiger partial charge in [-0.1, -0.05) is 20.8 Å². The molecule has 2 atom stereocenters. The van der Waals surface area contributed by atoms with Gasteiger partial charge in [-0.05, 0) is 11.8 Å². The Morgan fingerprint density at radius 2 is 2.10 bits per heavy atom. The number of rotatable bonds is 5. The third-order valence-corrected chi connectivity index (χ3v) is 3.91. The number of aromatic nitrogens is 2. The summed E-state index contributed by atoms with van der Waals surface area (Å²) in [5, 5.41) is 0. The van der Waals surface area contributed by atoms with Gasteiger partial charge < -0.3 is 9.64 Å². The maximum Gasteiger partial charge on any atom is 0.132 e. The van der Waals surface area contributed by atoms with Gasteiger partial charge in [0.2, 0.25) is 0 Å². The van der Waals surface area contributed by atoms with Crippen LogP contribution in [-0.4, -0.2) is 42.8 Å². The smallest absolute Gasteiger partial charge is 0.132 e. The Hall–Kier alpha value is -1.24. The molecule has 0 saturated carbocycles. The first-order valence-corrected chi connectivity index (χ1v) is 7.42. The van der Waals surface area contributed by atoms with Gasteiger partial charge in [0, 0.05) is 38.9 Å². The van der Waals surface area contributed by atoms with Gasteiger partial charge >= 0.3 is 0 Å². The quantitative estimate of drug-likeness (QED) is 0.854. The summed E-state index contributed by atoms with van der Waals surface area (Å²) in [4.78, 5) is 10.7. The number of likely N-dealkylation sites (N-methyl/N-ethyl adjacent to an activating group) is 1. The number of methoxy groups -OCH3 is 1. The molecule has 0 radical (unpaired) electrons. The summed E-state index contributed by atoms with van der Waals surface area (Å²) in [6.07, 6.45) is 2.71. The van der Waals surface area contributed by atoms with Gasteiger partial charge in [0.05, 0.1) is 12.3 Å². The third-order valence-electron chi connectivity index (χ3n) is 3.91. The van der Waals surface area contributed by atoms with Gasteiger partial charge in [-0.3, -0.25) is 10.9 Å². The molecule has 2 unspecified atom stereocenters. The summed E-state index contributed by atoms with van der Waals surface area (Å²) in [6.45, 7) is 8.21. The summed E-state index contributed by atoms with van der Waals surface area (Å²) >= 11 is 0. The van der Waals surface area contributed by atoms with Gasteiger partial charge in [-0.25, -0.2) is 9.97 Å². The van der Waals surface area contributed by atoms with Crippen molar-refractivity contribution >= 4 is 5.82 Å². The molecule has 0 aromatic carbocycles. The van der Waals surface area contributed by atoms with Crippen molar-refractivity contribution in [1.29, 1.82) is 0 Å². The number of nitrogens with one attached hydrogen (secondary N) is 2. The third kappa shape index (κ3) is 4.36. The summed E-state index contributed by atoms with van der Waals surface area (Å²) < 4.78 is 5.12. The van der Waals surface area contributed by atoms with Crippen LogP contribution in [0.4, 0.5) is 5.82 Å². The Bertz CT molecular complexity index is 460. The molecular weight excluding hydrogens is 266 g/mol. The van der Waals surface area contributed by atoms with E-state index < -0.39 is 0 Å². The molecule has 1 aromatic heterocycles. The molecule has 6 heteroatoms. The van der Waals surface area contributed by atoms with Gasteiger partial charge in [0.25, 0.3) is 0 Å². The van der Waals surface area contributed by atoms with Crippen molar-refractivity contribution in [2.75, 3.05) is 25.6 Å². The molecule has 6 nitrogen and oxygen atoms in total. The lowest BCUT2D eigenvalue weighted by atomic mass is 9.84. The zero-order valence-corrected chi connectivity index (χ0v) is 13.7. The van der Waals surface area contributed by atoms with Crippen LogP contribution >= 0.6 is 0 Å². The molecule has 1 fully saturated rings. The fraction of sp³-hybridized carbons (Fsp3) is 0.733. The Kier molecular flexibility index (Phi) is 5.13. The van der Waals surface area contributed by atoms with Crippen LogP contribution in [0, 0.1) is 5.41 Å². The van der Waals surface area contributed by atoms with Gasteiger partial charge in [-0.2, -0.15) is 0 Å². The largest absolute Gasteiger partial charge is 0.378 e. The molecule has 2 N–H and O–H groups in total. The number of anilines is 1. The molecule has 21 heavy (non-hydrogen) atoms. The number of hydrazine groups is 1. The van der Waals surface area contributed by atoms with E-state index >= 15 is 0 Å². The lowest BCUT2D eigenvalue weighted by molar-refractivity contribution is 0.181. The average Bonchev–Trinajstić information content (AvgIpc) is 2.88. The van der Waals surface area contributed by atoms with Crippen LogP contribution in [0.15, 0.2) is 12.4 Å². The van der Waals surface area contributed by atoms with Crippen LogP contribution in [0.3, 0.4) is 0 Å². The topological polar surface area (TPSA) is 62.3 Å². The molecule has 1 aromatic rings. The first kappa shape index (κ1) is 16.1. The van der Waals surface area contributed by atoms with Crippen LogP contribution in [0.25, 0.3) is 0 Å². The molecule has 1 aliphatic heterocycles. The molecule has 0 spiro atoms. The first-order valence-electron chi connectivity index (χ1n) is 7.42. The average molecular weight is 293 g/mol. The molecule has 0 aliphatic carbocycles. The first-order chi connectivity index (χ1) is 9.90. The SMILES string of the molecule is COCc1cc(N(C)CC2CC(C(C)(C)C)NN2)ncn1. The van der Waals surface area contributed by atoms with E-state index in [1.807, 2.05) is 6.07 Å². The minimum Gasteiger partial charge on any atom is -0.378 e. The van der Waals surface area contributed by atoms with E-state index in [0.29, 0.717) is 18.7 Å². The van der Waals surface area contributed by atoms with Crippen LogP contribution in [-0.2, 0) is 11.3 Å². The monoisotopic (exact) mass is 293 g/mol. The maximum absolute atomic E-state index is 5.12. The second-order valence-electron chi connectivity index (χ2n) is 6.82. The summed E-state index contributed by atoms with van der Waals surface area (Å²) in [7, 11) is 3.73. The minimum atomic E-state index is 0.265. The van der Waals surface area contributed by atoms with Crippen molar-refractivity contribution in [2.24, 2.45) is 5.41 Å². The number of hydrogen-bond donors (Lipinski definition) is 2. The molecule has 2 heterocycles.